The number of epoxide rings is 1. The van der Waals surface area contributed by atoms with Crippen molar-refractivity contribution in [2.45, 2.75) is 142 Å². The first-order valence-corrected chi connectivity index (χ1v) is 17.9. The van der Waals surface area contributed by atoms with Crippen molar-refractivity contribution in [3.63, 3.8) is 0 Å². The second-order valence-corrected chi connectivity index (χ2v) is 15.2. The molecule has 10 atom stereocenters. The van der Waals surface area contributed by atoms with Gasteiger partial charge in [-0.1, -0.05) is 65.0 Å². The van der Waals surface area contributed by atoms with E-state index < -0.39 is 41.6 Å². The molecule has 10 heteroatoms. The fourth-order valence-electron chi connectivity index (χ4n) is 6.70. The fraction of sp³-hybridized carbons (Fsp3) is 0.811. The molecule has 2 saturated heterocycles. The Kier molecular flexibility index (Phi) is 15.1. The van der Waals surface area contributed by atoms with Crippen molar-refractivity contribution < 1.29 is 39.5 Å². The molecule has 47 heavy (non-hydrogen) atoms. The number of carbonyl (C=O) groups excluding carboxylic acids is 1. The number of carbonyl (C=O) groups is 1. The minimum atomic E-state index is -1.27. The molecule has 3 heterocycles. The smallest absolute Gasteiger partial charge is 0.309 e. The van der Waals surface area contributed by atoms with Crippen LogP contribution in [0.5, 0.6) is 0 Å². The van der Waals surface area contributed by atoms with Crippen LogP contribution in [0, 0.1) is 17.8 Å². The molecule has 4 N–H and O–H groups in total. The summed E-state index contributed by atoms with van der Waals surface area (Å²) in [6.07, 6.45) is 8.64. The molecule has 0 aromatic carbocycles. The van der Waals surface area contributed by atoms with Gasteiger partial charge in [0.25, 0.3) is 0 Å². The highest BCUT2D eigenvalue weighted by Gasteiger charge is 2.47. The highest BCUT2D eigenvalue weighted by molar-refractivity contribution is 5.70. The molecular weight excluding hydrogens is 600 g/mol. The topological polar surface area (TPSA) is 135 Å². The van der Waals surface area contributed by atoms with Crippen LogP contribution >= 0.6 is 0 Å². The Morgan fingerprint density at radius 3 is 2.62 bits per heavy atom. The van der Waals surface area contributed by atoms with Crippen LogP contribution in [-0.4, -0.2) is 117 Å². The number of allylic oxidation sites excluding steroid dienone is 2. The van der Waals surface area contributed by atoms with E-state index in [0.29, 0.717) is 18.8 Å². The van der Waals surface area contributed by atoms with Gasteiger partial charge in [0, 0.05) is 44.4 Å². The van der Waals surface area contributed by atoms with Crippen LogP contribution in [0.3, 0.4) is 0 Å². The van der Waals surface area contributed by atoms with Gasteiger partial charge in [0.15, 0.2) is 0 Å². The van der Waals surface area contributed by atoms with Crippen LogP contribution < -0.4 is 0 Å². The third-order valence-electron chi connectivity index (χ3n) is 9.80. The van der Waals surface area contributed by atoms with Crippen molar-refractivity contribution >= 4 is 5.97 Å². The van der Waals surface area contributed by atoms with Crippen LogP contribution in [0.1, 0.15) is 93.9 Å². The lowest BCUT2D eigenvalue weighted by Gasteiger charge is -2.35. The van der Waals surface area contributed by atoms with Gasteiger partial charge in [-0.15, -0.1) is 0 Å². The zero-order chi connectivity index (χ0) is 34.9. The van der Waals surface area contributed by atoms with E-state index in [4.69, 9.17) is 14.3 Å². The van der Waals surface area contributed by atoms with Gasteiger partial charge in [-0.2, -0.15) is 5.06 Å². The van der Waals surface area contributed by atoms with Gasteiger partial charge in [0.05, 0.1) is 42.0 Å². The molecule has 3 aliphatic rings. The average Bonchev–Trinajstić information content (AvgIpc) is 3.78. The lowest BCUT2D eigenvalue weighted by molar-refractivity contribution is -0.228. The van der Waals surface area contributed by atoms with E-state index >= 15 is 0 Å². The SMILES string of the molecule is CCC(O)C(C)C1OC1CC(C)(O)/C=C/C=C(\C)C1OC(=O)CC(O)CCC(C)(O)C(ON2CCCN(CC(C)C)CC2)/C=C/C1C. The molecule has 0 amide bonds. The Morgan fingerprint density at radius 1 is 1.21 bits per heavy atom. The Labute approximate surface area is 283 Å². The van der Waals surface area contributed by atoms with Crippen molar-refractivity contribution in [2.24, 2.45) is 17.8 Å². The number of aliphatic hydroxyl groups is 4. The molecule has 0 aliphatic carbocycles. The van der Waals surface area contributed by atoms with Crippen molar-refractivity contribution in [3.05, 3.63) is 36.0 Å². The second kappa shape index (κ2) is 17.9. The average molecular weight is 665 g/mol. The van der Waals surface area contributed by atoms with Crippen LogP contribution in [-0.2, 0) is 19.1 Å². The molecule has 0 aromatic heterocycles. The Balaban J connectivity index is 1.73. The molecule has 10 unspecified atom stereocenters. The number of hydroxylamine groups is 2. The van der Waals surface area contributed by atoms with Crippen LogP contribution in [0.15, 0.2) is 36.0 Å². The Hall–Kier alpha value is -1.63. The van der Waals surface area contributed by atoms with Crippen LogP contribution in [0.2, 0.25) is 0 Å². The normalized spacial score (nSPS) is 35.8. The standard InChI is InChI=1S/C37H64N2O8/c1-9-30(41)28(6)35-31(45-35)23-36(7,43)16-10-12-26(4)34-27(5)13-14-32(37(8,44)17-15-29(40)22-33(42)46-34)47-39-19-11-18-38(20-21-39)24-25(2)3/h10,12-14,16,25,27-32,34-35,40-41,43-44H,9,11,15,17-24H2,1-8H3/b14-13+,16-10+,26-12+. The number of hydrogen-bond acceptors (Lipinski definition) is 10. The zero-order valence-electron chi connectivity index (χ0n) is 30.2. The maximum absolute atomic E-state index is 12.9. The summed E-state index contributed by atoms with van der Waals surface area (Å²) in [5.41, 5.74) is -1.62. The molecule has 0 spiro atoms. The first kappa shape index (κ1) is 39.8. The third-order valence-corrected chi connectivity index (χ3v) is 9.80. The molecule has 3 rings (SSSR count). The fourth-order valence-corrected chi connectivity index (χ4v) is 6.70. The van der Waals surface area contributed by atoms with E-state index in [2.05, 4.69) is 18.7 Å². The maximum atomic E-state index is 12.9. The highest BCUT2D eigenvalue weighted by atomic mass is 16.7. The van der Waals surface area contributed by atoms with Gasteiger partial charge in [0.2, 0.25) is 0 Å². The first-order valence-electron chi connectivity index (χ1n) is 17.9. The van der Waals surface area contributed by atoms with E-state index in [1.54, 1.807) is 26.0 Å². The van der Waals surface area contributed by atoms with Gasteiger partial charge >= 0.3 is 5.97 Å². The van der Waals surface area contributed by atoms with Crippen LogP contribution in [0.4, 0.5) is 0 Å². The minimum Gasteiger partial charge on any atom is -0.457 e. The van der Waals surface area contributed by atoms with E-state index in [0.717, 1.165) is 44.7 Å². The number of hydrogen-bond donors (Lipinski definition) is 4. The van der Waals surface area contributed by atoms with Gasteiger partial charge in [-0.05, 0) is 64.5 Å². The van der Waals surface area contributed by atoms with E-state index in [9.17, 15) is 25.2 Å². The van der Waals surface area contributed by atoms with Gasteiger partial charge < -0.3 is 34.8 Å². The summed E-state index contributed by atoms with van der Waals surface area (Å²) in [5, 5.41) is 45.4. The Morgan fingerprint density at radius 2 is 1.94 bits per heavy atom. The Bertz CT molecular complexity index is 1070. The number of esters is 1. The van der Waals surface area contributed by atoms with E-state index in [1.807, 2.05) is 51.0 Å². The monoisotopic (exact) mass is 664 g/mol. The predicted octanol–water partition coefficient (Wildman–Crippen LogP) is 4.17. The number of aliphatic hydroxyl groups excluding tert-OH is 2. The maximum Gasteiger partial charge on any atom is 0.309 e. The number of cyclic esters (lactones) is 1. The van der Waals surface area contributed by atoms with Crippen molar-refractivity contribution in [2.75, 3.05) is 32.7 Å². The highest BCUT2D eigenvalue weighted by Crippen LogP contribution is 2.37. The number of nitrogens with zero attached hydrogens (tertiary/aromatic N) is 2. The summed E-state index contributed by atoms with van der Waals surface area (Å²) in [6.45, 7) is 20.1. The molecule has 10 nitrogen and oxygen atoms in total. The molecule has 3 aliphatic heterocycles. The van der Waals surface area contributed by atoms with Crippen LogP contribution in [0.25, 0.3) is 0 Å². The summed E-state index contributed by atoms with van der Waals surface area (Å²) in [4.78, 5) is 21.8. The lowest BCUT2D eigenvalue weighted by Crippen LogP contribution is -2.46. The summed E-state index contributed by atoms with van der Waals surface area (Å²) >= 11 is 0. The van der Waals surface area contributed by atoms with Gasteiger partial charge in [-0.25, -0.2) is 0 Å². The molecule has 0 radical (unpaired) electrons. The summed E-state index contributed by atoms with van der Waals surface area (Å²) in [7, 11) is 0. The van der Waals surface area contributed by atoms with Crippen molar-refractivity contribution in [1.29, 1.82) is 0 Å². The van der Waals surface area contributed by atoms with Crippen molar-refractivity contribution in [1.82, 2.24) is 9.96 Å². The number of ether oxygens (including phenoxy) is 2. The molecule has 0 saturated carbocycles. The minimum absolute atomic E-state index is 0.00823. The van der Waals surface area contributed by atoms with Crippen molar-refractivity contribution in [3.8, 4) is 0 Å². The third kappa shape index (κ3) is 13.0. The van der Waals surface area contributed by atoms with Gasteiger partial charge in [0.1, 0.15) is 12.2 Å². The predicted molar refractivity (Wildman–Crippen MR) is 183 cm³/mol. The second-order valence-electron chi connectivity index (χ2n) is 15.2. The quantitative estimate of drug-likeness (QED) is 0.104. The van der Waals surface area contributed by atoms with Gasteiger partial charge in [-0.3, -0.25) is 9.63 Å². The van der Waals surface area contributed by atoms with E-state index in [-0.39, 0.29) is 43.3 Å². The first-order chi connectivity index (χ1) is 22.0. The molecule has 0 aromatic rings. The lowest BCUT2D eigenvalue weighted by atomic mass is 9.89. The number of rotatable bonds is 12. The molecule has 270 valence electrons. The molecule has 2 fully saturated rings. The van der Waals surface area contributed by atoms with E-state index in [1.165, 1.54) is 0 Å². The largest absolute Gasteiger partial charge is 0.457 e. The molecule has 0 bridgehead atoms. The molecular formula is C37H64N2O8. The summed E-state index contributed by atoms with van der Waals surface area (Å²) in [5.74, 6) is -0.168. The summed E-state index contributed by atoms with van der Waals surface area (Å²) in [6, 6.07) is 0. The summed E-state index contributed by atoms with van der Waals surface area (Å²) < 4.78 is 11.7. The zero-order valence-corrected chi connectivity index (χ0v) is 30.2.